The Morgan fingerprint density at radius 3 is 2.95 bits per heavy atom. The van der Waals surface area contributed by atoms with Crippen LogP contribution < -0.4 is 16.6 Å². The van der Waals surface area contributed by atoms with E-state index in [0.29, 0.717) is 30.6 Å². The summed E-state index contributed by atoms with van der Waals surface area (Å²) in [7, 11) is 1.74. The van der Waals surface area contributed by atoms with Crippen LogP contribution in [0.4, 0.5) is 5.69 Å². The van der Waals surface area contributed by atoms with Gasteiger partial charge in [0, 0.05) is 37.9 Å². The maximum absolute atomic E-state index is 12.2. The number of aryl methyl sites for hydroxylation is 1. The van der Waals surface area contributed by atoms with E-state index >= 15 is 0 Å². The van der Waals surface area contributed by atoms with Crippen LogP contribution in [-0.4, -0.2) is 41.3 Å². The molecule has 1 aromatic rings. The van der Waals surface area contributed by atoms with Crippen LogP contribution in [0.25, 0.3) is 0 Å². The zero-order valence-corrected chi connectivity index (χ0v) is 11.6. The summed E-state index contributed by atoms with van der Waals surface area (Å²) in [5.41, 5.74) is 4.22. The molecule has 2 heterocycles. The highest BCUT2D eigenvalue weighted by Crippen LogP contribution is 2.16. The number of likely N-dealkylation sites (N-methyl/N-ethyl adjacent to an activating group) is 1. The highest BCUT2D eigenvalue weighted by Gasteiger charge is 2.25. The largest absolute Gasteiger partial charge is 0.347 e. The van der Waals surface area contributed by atoms with Crippen molar-refractivity contribution in [2.24, 2.45) is 5.84 Å². The van der Waals surface area contributed by atoms with Crippen molar-refractivity contribution in [2.75, 3.05) is 19.0 Å². The van der Waals surface area contributed by atoms with Gasteiger partial charge < -0.3 is 15.6 Å². The Bertz CT molecular complexity index is 531. The molecular weight excluding hydrogens is 258 g/mol. The first-order valence-electron chi connectivity index (χ1n) is 6.49. The quantitative estimate of drug-likeness (QED) is 0.534. The van der Waals surface area contributed by atoms with Gasteiger partial charge in [-0.25, -0.2) is 0 Å². The molecule has 1 aromatic heterocycles. The topological polar surface area (TPSA) is 100 Å². The zero-order valence-electron chi connectivity index (χ0n) is 11.6. The van der Waals surface area contributed by atoms with Crippen molar-refractivity contribution in [3.8, 4) is 0 Å². The average molecular weight is 277 g/mol. The van der Waals surface area contributed by atoms with Crippen LogP contribution in [0.15, 0.2) is 12.3 Å². The second kappa shape index (κ2) is 5.87. The van der Waals surface area contributed by atoms with Gasteiger partial charge in [0.1, 0.15) is 0 Å². The van der Waals surface area contributed by atoms with Gasteiger partial charge in [-0.15, -0.1) is 0 Å². The van der Waals surface area contributed by atoms with Gasteiger partial charge in [0.2, 0.25) is 5.91 Å². The third-order valence-corrected chi connectivity index (χ3v) is 3.40. The van der Waals surface area contributed by atoms with Crippen LogP contribution in [0.5, 0.6) is 0 Å². The Balaban J connectivity index is 2.07. The molecule has 20 heavy (non-hydrogen) atoms. The van der Waals surface area contributed by atoms with E-state index in [1.54, 1.807) is 18.0 Å². The number of carbonyl (C=O) groups excluding carboxylic acids is 2. The lowest BCUT2D eigenvalue weighted by molar-refractivity contribution is -0.132. The van der Waals surface area contributed by atoms with E-state index < -0.39 is 0 Å². The number of rotatable bonds is 3. The van der Waals surface area contributed by atoms with E-state index in [9.17, 15) is 9.59 Å². The van der Waals surface area contributed by atoms with E-state index in [1.807, 2.05) is 6.92 Å². The lowest BCUT2D eigenvalue weighted by Gasteiger charge is -2.30. The second-order valence-corrected chi connectivity index (χ2v) is 5.00. The fourth-order valence-electron chi connectivity index (χ4n) is 2.25. The van der Waals surface area contributed by atoms with E-state index in [4.69, 9.17) is 5.84 Å². The normalized spacial score (nSPS) is 18.9. The Morgan fingerprint density at radius 1 is 1.55 bits per heavy atom. The van der Waals surface area contributed by atoms with E-state index in [-0.39, 0.29) is 17.9 Å². The predicted molar refractivity (Wildman–Crippen MR) is 74.9 cm³/mol. The molecular formula is C13H19N5O2. The molecule has 1 atom stereocenters. The molecule has 0 radical (unpaired) electrons. The number of nitrogens with one attached hydrogen (secondary N) is 2. The number of hydrogen-bond donors (Lipinski definition) is 3. The monoisotopic (exact) mass is 277 g/mol. The summed E-state index contributed by atoms with van der Waals surface area (Å²) in [6, 6.07) is 1.67. The fraction of sp³-hybridized carbons (Fsp3) is 0.462. The number of likely N-dealkylation sites (tertiary alicyclic amines) is 1. The van der Waals surface area contributed by atoms with Crippen molar-refractivity contribution in [2.45, 2.75) is 25.8 Å². The van der Waals surface area contributed by atoms with Crippen molar-refractivity contribution in [3.05, 3.63) is 23.5 Å². The first-order chi connectivity index (χ1) is 9.51. The number of hydrazine groups is 1. The number of pyridine rings is 1. The van der Waals surface area contributed by atoms with E-state index in [2.05, 4.69) is 15.7 Å². The molecule has 0 bridgehead atoms. The predicted octanol–water partition coefficient (Wildman–Crippen LogP) is 0.0262. The van der Waals surface area contributed by atoms with Gasteiger partial charge >= 0.3 is 0 Å². The summed E-state index contributed by atoms with van der Waals surface area (Å²) in [4.78, 5) is 29.4. The van der Waals surface area contributed by atoms with Gasteiger partial charge in [0.25, 0.3) is 5.91 Å². The summed E-state index contributed by atoms with van der Waals surface area (Å²) in [5.74, 6) is 5.29. The van der Waals surface area contributed by atoms with Gasteiger partial charge in [-0.2, -0.15) is 0 Å². The first kappa shape index (κ1) is 14.3. The molecule has 2 rings (SSSR count). The first-order valence-corrected chi connectivity index (χ1v) is 6.49. The molecule has 7 nitrogen and oxygen atoms in total. The maximum atomic E-state index is 12.2. The number of piperidine rings is 1. The standard InChI is InChI=1S/C13H19N5O2/c1-8-5-11(17-14)10(6-15-8)13(20)16-9-3-4-12(19)18(2)7-9/h5-6,9H,3-4,7,14H2,1-2H3,(H,15,17)(H,16,20). The van der Waals surface area contributed by atoms with Crippen LogP contribution in [0.2, 0.25) is 0 Å². The number of hydrogen-bond acceptors (Lipinski definition) is 5. The summed E-state index contributed by atoms with van der Waals surface area (Å²) in [5, 5.41) is 2.91. The molecule has 0 spiro atoms. The fourth-order valence-corrected chi connectivity index (χ4v) is 2.25. The number of carbonyl (C=O) groups is 2. The van der Waals surface area contributed by atoms with E-state index in [0.717, 1.165) is 5.69 Å². The van der Waals surface area contributed by atoms with Crippen molar-refractivity contribution in [3.63, 3.8) is 0 Å². The minimum Gasteiger partial charge on any atom is -0.347 e. The van der Waals surface area contributed by atoms with Crippen molar-refractivity contribution in [1.29, 1.82) is 0 Å². The summed E-state index contributed by atoms with van der Waals surface area (Å²) < 4.78 is 0. The molecule has 2 amide bonds. The molecule has 7 heteroatoms. The van der Waals surface area contributed by atoms with Gasteiger partial charge in [-0.05, 0) is 19.4 Å². The summed E-state index contributed by atoms with van der Waals surface area (Å²) in [6.07, 6.45) is 2.60. The number of anilines is 1. The van der Waals surface area contributed by atoms with E-state index in [1.165, 1.54) is 6.20 Å². The number of nitrogens with zero attached hydrogens (tertiary/aromatic N) is 2. The Hall–Kier alpha value is -2.15. The van der Waals surface area contributed by atoms with Crippen LogP contribution >= 0.6 is 0 Å². The Labute approximate surface area is 117 Å². The third-order valence-electron chi connectivity index (χ3n) is 3.40. The molecule has 0 aromatic carbocycles. The third kappa shape index (κ3) is 3.05. The number of amides is 2. The van der Waals surface area contributed by atoms with Gasteiger partial charge in [-0.1, -0.05) is 0 Å². The minimum absolute atomic E-state index is 0.0443. The van der Waals surface area contributed by atoms with Crippen molar-refractivity contribution in [1.82, 2.24) is 15.2 Å². The summed E-state index contributed by atoms with van der Waals surface area (Å²) in [6.45, 7) is 2.35. The van der Waals surface area contributed by atoms with Crippen molar-refractivity contribution >= 4 is 17.5 Å². The lowest BCUT2D eigenvalue weighted by atomic mass is 10.0. The molecule has 4 N–H and O–H groups in total. The molecule has 0 saturated carbocycles. The molecule has 0 aliphatic carbocycles. The van der Waals surface area contributed by atoms with Crippen LogP contribution in [-0.2, 0) is 4.79 Å². The molecule has 1 fully saturated rings. The van der Waals surface area contributed by atoms with Crippen molar-refractivity contribution < 1.29 is 9.59 Å². The van der Waals surface area contributed by atoms with Crippen LogP contribution in [0.3, 0.4) is 0 Å². The second-order valence-electron chi connectivity index (χ2n) is 5.00. The lowest BCUT2D eigenvalue weighted by Crippen LogP contribution is -2.48. The minimum atomic E-state index is -0.238. The Morgan fingerprint density at radius 2 is 2.30 bits per heavy atom. The zero-order chi connectivity index (χ0) is 14.7. The van der Waals surface area contributed by atoms with Gasteiger partial charge in [-0.3, -0.25) is 20.4 Å². The number of nitrogen functional groups attached to an aromatic ring is 1. The molecule has 1 saturated heterocycles. The highest BCUT2D eigenvalue weighted by atomic mass is 16.2. The SMILES string of the molecule is Cc1cc(NN)c(C(=O)NC2CCC(=O)N(C)C2)cn1. The smallest absolute Gasteiger partial charge is 0.255 e. The van der Waals surface area contributed by atoms with Crippen LogP contribution in [0.1, 0.15) is 28.9 Å². The summed E-state index contributed by atoms with van der Waals surface area (Å²) >= 11 is 0. The number of aromatic nitrogens is 1. The molecule has 1 aliphatic rings. The van der Waals surface area contributed by atoms with Gasteiger partial charge in [0.05, 0.1) is 11.3 Å². The molecule has 1 unspecified atom stereocenters. The average Bonchev–Trinajstić information content (AvgIpc) is 2.42. The maximum Gasteiger partial charge on any atom is 0.255 e. The molecule has 1 aliphatic heterocycles. The highest BCUT2D eigenvalue weighted by molar-refractivity contribution is 5.99. The Kier molecular flexibility index (Phi) is 4.19. The van der Waals surface area contributed by atoms with Crippen LogP contribution in [0, 0.1) is 6.92 Å². The van der Waals surface area contributed by atoms with Gasteiger partial charge in [0.15, 0.2) is 0 Å². The molecule has 108 valence electrons. The number of nitrogens with two attached hydrogens (primary N) is 1.